The third kappa shape index (κ3) is 2.33. The maximum Gasteiger partial charge on any atom is 0.140 e. The SMILES string of the molecule is Cl.NNc1cc(C2CC2)c(Br)cn1. The maximum atomic E-state index is 5.26. The minimum atomic E-state index is 0. The van der Waals surface area contributed by atoms with Crippen LogP contribution in [0.1, 0.15) is 24.3 Å². The molecule has 1 saturated carbocycles. The van der Waals surface area contributed by atoms with Crippen LogP contribution in [0.5, 0.6) is 0 Å². The van der Waals surface area contributed by atoms with Gasteiger partial charge in [-0.25, -0.2) is 10.8 Å². The number of halogens is 2. The summed E-state index contributed by atoms with van der Waals surface area (Å²) in [4.78, 5) is 4.08. The van der Waals surface area contributed by atoms with Gasteiger partial charge in [-0.15, -0.1) is 12.4 Å². The molecular formula is C8H11BrClN3. The number of aromatic nitrogens is 1. The molecule has 0 spiro atoms. The average molecular weight is 265 g/mol. The van der Waals surface area contributed by atoms with Crippen molar-refractivity contribution in [3.63, 3.8) is 0 Å². The third-order valence-electron chi connectivity index (χ3n) is 2.05. The molecule has 5 heteroatoms. The number of nitrogens with zero attached hydrogens (tertiary/aromatic N) is 1. The molecule has 13 heavy (non-hydrogen) atoms. The summed E-state index contributed by atoms with van der Waals surface area (Å²) in [6, 6.07) is 2.00. The summed E-state index contributed by atoms with van der Waals surface area (Å²) in [7, 11) is 0. The predicted molar refractivity (Wildman–Crippen MR) is 59.0 cm³/mol. The highest BCUT2D eigenvalue weighted by molar-refractivity contribution is 9.10. The normalized spacial score (nSPS) is 14.9. The van der Waals surface area contributed by atoms with Crippen LogP contribution in [0.3, 0.4) is 0 Å². The van der Waals surface area contributed by atoms with Crippen molar-refractivity contribution in [1.82, 2.24) is 4.98 Å². The summed E-state index contributed by atoms with van der Waals surface area (Å²) in [6.45, 7) is 0. The molecule has 0 saturated heterocycles. The molecule has 3 N–H and O–H groups in total. The fourth-order valence-corrected chi connectivity index (χ4v) is 1.78. The number of hydrazine groups is 1. The van der Waals surface area contributed by atoms with Gasteiger partial charge in [0.15, 0.2) is 0 Å². The van der Waals surface area contributed by atoms with E-state index in [0.717, 1.165) is 16.2 Å². The quantitative estimate of drug-likeness (QED) is 0.637. The van der Waals surface area contributed by atoms with Gasteiger partial charge in [0.25, 0.3) is 0 Å². The van der Waals surface area contributed by atoms with Crippen LogP contribution < -0.4 is 11.3 Å². The van der Waals surface area contributed by atoms with Crippen LogP contribution in [0.4, 0.5) is 5.82 Å². The number of anilines is 1. The highest BCUT2D eigenvalue weighted by Gasteiger charge is 2.25. The van der Waals surface area contributed by atoms with Gasteiger partial charge in [0.05, 0.1) is 0 Å². The second kappa shape index (κ2) is 4.26. The third-order valence-corrected chi connectivity index (χ3v) is 2.71. The zero-order valence-electron chi connectivity index (χ0n) is 6.96. The topological polar surface area (TPSA) is 50.9 Å². The molecule has 0 radical (unpaired) electrons. The molecule has 0 aliphatic heterocycles. The van der Waals surface area contributed by atoms with Gasteiger partial charge in [-0.1, -0.05) is 0 Å². The zero-order chi connectivity index (χ0) is 8.55. The largest absolute Gasteiger partial charge is 0.308 e. The lowest BCUT2D eigenvalue weighted by molar-refractivity contribution is 1.08. The number of nitrogen functional groups attached to an aromatic ring is 1. The first-order valence-corrected chi connectivity index (χ1v) is 4.72. The van der Waals surface area contributed by atoms with Gasteiger partial charge in [0.1, 0.15) is 5.82 Å². The van der Waals surface area contributed by atoms with E-state index in [1.54, 1.807) is 6.20 Å². The standard InChI is InChI=1S/C8H10BrN3.ClH/c9-7-4-11-8(12-10)3-6(7)5-1-2-5;/h3-5H,1-2,10H2,(H,11,12);1H. The molecule has 1 aliphatic rings. The fraction of sp³-hybridized carbons (Fsp3) is 0.375. The molecule has 1 aromatic heterocycles. The Kier molecular flexibility index (Phi) is 3.53. The van der Waals surface area contributed by atoms with E-state index in [-0.39, 0.29) is 12.4 Å². The summed E-state index contributed by atoms with van der Waals surface area (Å²) < 4.78 is 1.09. The van der Waals surface area contributed by atoms with Gasteiger partial charge in [-0.05, 0) is 46.3 Å². The smallest absolute Gasteiger partial charge is 0.140 e. The molecule has 1 heterocycles. The maximum absolute atomic E-state index is 5.26. The zero-order valence-corrected chi connectivity index (χ0v) is 9.36. The second-order valence-electron chi connectivity index (χ2n) is 3.01. The van der Waals surface area contributed by atoms with Gasteiger partial charge < -0.3 is 5.43 Å². The molecule has 0 aromatic carbocycles. The Morgan fingerprint density at radius 2 is 2.23 bits per heavy atom. The number of nitrogens with two attached hydrogens (primary N) is 1. The molecule has 1 fully saturated rings. The Hall–Kier alpha value is -0.320. The molecule has 0 atom stereocenters. The van der Waals surface area contributed by atoms with Crippen LogP contribution in [0, 0.1) is 0 Å². The van der Waals surface area contributed by atoms with Crippen molar-refractivity contribution < 1.29 is 0 Å². The Bertz CT molecular complexity index is 301. The number of nitrogens with one attached hydrogen (secondary N) is 1. The van der Waals surface area contributed by atoms with Crippen LogP contribution in [0.15, 0.2) is 16.7 Å². The Morgan fingerprint density at radius 3 is 2.77 bits per heavy atom. The van der Waals surface area contributed by atoms with E-state index in [2.05, 4.69) is 26.3 Å². The highest BCUT2D eigenvalue weighted by Crippen LogP contribution is 2.43. The van der Waals surface area contributed by atoms with Crippen molar-refractivity contribution in [3.05, 3.63) is 22.3 Å². The van der Waals surface area contributed by atoms with E-state index in [4.69, 9.17) is 5.84 Å². The van der Waals surface area contributed by atoms with Gasteiger partial charge in [-0.3, -0.25) is 0 Å². The van der Waals surface area contributed by atoms with Gasteiger partial charge >= 0.3 is 0 Å². The van der Waals surface area contributed by atoms with Gasteiger partial charge in [0.2, 0.25) is 0 Å². The van der Waals surface area contributed by atoms with Crippen molar-refractivity contribution in [1.29, 1.82) is 0 Å². The summed E-state index contributed by atoms with van der Waals surface area (Å²) in [6.07, 6.45) is 4.36. The molecule has 0 bridgehead atoms. The first-order chi connectivity index (χ1) is 5.81. The summed E-state index contributed by atoms with van der Waals surface area (Å²) in [5, 5.41) is 0. The van der Waals surface area contributed by atoms with Crippen molar-refractivity contribution in [2.24, 2.45) is 5.84 Å². The molecule has 1 aromatic rings. The van der Waals surface area contributed by atoms with Crippen molar-refractivity contribution >= 4 is 34.2 Å². The molecule has 3 nitrogen and oxygen atoms in total. The number of rotatable bonds is 2. The van der Waals surface area contributed by atoms with E-state index in [9.17, 15) is 0 Å². The molecule has 72 valence electrons. The summed E-state index contributed by atoms with van der Waals surface area (Å²) >= 11 is 3.47. The van der Waals surface area contributed by atoms with Crippen LogP contribution >= 0.6 is 28.3 Å². The molecule has 0 amide bonds. The summed E-state index contributed by atoms with van der Waals surface area (Å²) in [5.74, 6) is 6.71. The van der Waals surface area contributed by atoms with Crippen LogP contribution in [-0.2, 0) is 0 Å². The molecule has 2 rings (SSSR count). The number of pyridine rings is 1. The van der Waals surface area contributed by atoms with Crippen molar-refractivity contribution in [3.8, 4) is 0 Å². The van der Waals surface area contributed by atoms with Crippen LogP contribution in [-0.4, -0.2) is 4.98 Å². The average Bonchev–Trinajstić information content (AvgIpc) is 2.88. The Labute approximate surface area is 91.6 Å². The Morgan fingerprint density at radius 1 is 1.54 bits per heavy atom. The number of hydrogen-bond donors (Lipinski definition) is 2. The predicted octanol–water partition coefficient (Wildman–Crippen LogP) is 2.43. The second-order valence-corrected chi connectivity index (χ2v) is 3.86. The first kappa shape index (κ1) is 10.8. The van der Waals surface area contributed by atoms with E-state index in [1.807, 2.05) is 6.07 Å². The van der Waals surface area contributed by atoms with E-state index in [1.165, 1.54) is 18.4 Å². The van der Waals surface area contributed by atoms with Crippen molar-refractivity contribution in [2.75, 3.05) is 5.43 Å². The number of hydrogen-bond acceptors (Lipinski definition) is 3. The highest BCUT2D eigenvalue weighted by atomic mass is 79.9. The summed E-state index contributed by atoms with van der Waals surface area (Å²) in [5.41, 5.74) is 3.86. The van der Waals surface area contributed by atoms with Crippen molar-refractivity contribution in [2.45, 2.75) is 18.8 Å². The van der Waals surface area contributed by atoms with Gasteiger partial charge in [-0.2, -0.15) is 0 Å². The first-order valence-electron chi connectivity index (χ1n) is 3.93. The van der Waals surface area contributed by atoms with E-state index in [0.29, 0.717) is 0 Å². The molecule has 1 aliphatic carbocycles. The van der Waals surface area contributed by atoms with Gasteiger partial charge in [0, 0.05) is 10.7 Å². The minimum absolute atomic E-state index is 0. The Balaban J connectivity index is 0.000000845. The van der Waals surface area contributed by atoms with Crippen LogP contribution in [0.2, 0.25) is 0 Å². The van der Waals surface area contributed by atoms with Crippen LogP contribution in [0.25, 0.3) is 0 Å². The molecular weight excluding hydrogens is 253 g/mol. The fourth-order valence-electron chi connectivity index (χ4n) is 1.24. The van der Waals surface area contributed by atoms with E-state index >= 15 is 0 Å². The lowest BCUT2D eigenvalue weighted by atomic mass is 10.2. The molecule has 0 unspecified atom stereocenters. The van der Waals surface area contributed by atoms with E-state index < -0.39 is 0 Å². The minimum Gasteiger partial charge on any atom is -0.308 e. The lowest BCUT2D eigenvalue weighted by Gasteiger charge is -2.04. The lowest BCUT2D eigenvalue weighted by Crippen LogP contribution is -2.08. The monoisotopic (exact) mass is 263 g/mol.